The first-order valence-corrected chi connectivity index (χ1v) is 11.4. The Hall–Kier alpha value is -3.00. The quantitative estimate of drug-likeness (QED) is 0.582. The van der Waals surface area contributed by atoms with E-state index in [1.807, 2.05) is 47.5 Å². The van der Waals surface area contributed by atoms with Crippen molar-refractivity contribution in [3.63, 3.8) is 0 Å². The fourth-order valence-electron chi connectivity index (χ4n) is 3.46. The highest BCUT2D eigenvalue weighted by Crippen LogP contribution is 2.24. The molecule has 31 heavy (non-hydrogen) atoms. The molecule has 162 valence electrons. The second-order valence-corrected chi connectivity index (χ2v) is 9.09. The number of thiazole rings is 1. The predicted octanol–water partition coefficient (Wildman–Crippen LogP) is 3.91. The first kappa shape index (κ1) is 21.2. The van der Waals surface area contributed by atoms with E-state index in [2.05, 4.69) is 33.7 Å². The zero-order valence-electron chi connectivity index (χ0n) is 18.1. The highest BCUT2D eigenvalue weighted by Gasteiger charge is 2.23. The average Bonchev–Trinajstić information content (AvgIpc) is 3.24. The van der Waals surface area contributed by atoms with Crippen molar-refractivity contribution in [2.24, 2.45) is 5.92 Å². The van der Waals surface area contributed by atoms with Crippen LogP contribution >= 0.6 is 11.3 Å². The van der Waals surface area contributed by atoms with Gasteiger partial charge in [-0.1, -0.05) is 26.0 Å². The van der Waals surface area contributed by atoms with E-state index in [9.17, 15) is 4.79 Å². The molecule has 1 fully saturated rings. The summed E-state index contributed by atoms with van der Waals surface area (Å²) in [7, 11) is 0. The monoisotopic (exact) mass is 437 g/mol. The highest BCUT2D eigenvalue weighted by molar-refractivity contribution is 7.09. The van der Waals surface area contributed by atoms with Gasteiger partial charge in [-0.15, -0.1) is 11.3 Å². The molecule has 0 spiro atoms. The summed E-state index contributed by atoms with van der Waals surface area (Å²) in [6.45, 7) is 9.54. The van der Waals surface area contributed by atoms with Crippen molar-refractivity contribution in [3.8, 4) is 17.1 Å². The largest absolute Gasteiger partial charge is 0.477 e. The zero-order chi connectivity index (χ0) is 21.8. The van der Waals surface area contributed by atoms with Gasteiger partial charge in [0.2, 0.25) is 5.88 Å². The van der Waals surface area contributed by atoms with Gasteiger partial charge in [0, 0.05) is 48.8 Å². The number of carbonyl (C=O) groups is 1. The predicted molar refractivity (Wildman–Crippen MR) is 123 cm³/mol. The smallest absolute Gasteiger partial charge is 0.253 e. The molecular weight excluding hydrogens is 410 g/mol. The van der Waals surface area contributed by atoms with E-state index in [4.69, 9.17) is 4.74 Å². The lowest BCUT2D eigenvalue weighted by atomic mass is 10.1. The minimum absolute atomic E-state index is 0.0529. The van der Waals surface area contributed by atoms with Crippen LogP contribution in [0.1, 0.15) is 29.2 Å². The molecule has 1 saturated heterocycles. The molecule has 8 heteroatoms. The molecular formula is C23H27N5O2S. The summed E-state index contributed by atoms with van der Waals surface area (Å²) in [5.41, 5.74) is 2.59. The van der Waals surface area contributed by atoms with Crippen molar-refractivity contribution in [3.05, 3.63) is 52.6 Å². The van der Waals surface area contributed by atoms with Crippen LogP contribution in [0.15, 0.2) is 42.0 Å². The van der Waals surface area contributed by atoms with Crippen molar-refractivity contribution in [2.75, 3.05) is 37.7 Å². The van der Waals surface area contributed by atoms with E-state index in [1.165, 1.54) is 6.33 Å². The summed E-state index contributed by atoms with van der Waals surface area (Å²) >= 11 is 1.61. The normalized spacial score (nSPS) is 14.2. The van der Waals surface area contributed by atoms with Gasteiger partial charge in [-0.3, -0.25) is 4.79 Å². The van der Waals surface area contributed by atoms with E-state index in [0.29, 0.717) is 37.1 Å². The van der Waals surface area contributed by atoms with Crippen molar-refractivity contribution in [2.45, 2.75) is 20.8 Å². The number of hydrogen-bond acceptors (Lipinski definition) is 7. The van der Waals surface area contributed by atoms with Gasteiger partial charge in [-0.2, -0.15) is 0 Å². The fourth-order valence-corrected chi connectivity index (χ4v) is 4.08. The number of anilines is 1. The Morgan fingerprint density at radius 1 is 1.16 bits per heavy atom. The fraction of sp³-hybridized carbons (Fsp3) is 0.391. The van der Waals surface area contributed by atoms with Crippen LogP contribution in [-0.4, -0.2) is 58.5 Å². The standard InChI is InChI=1S/C23H27N5O2S/c1-16(2)13-30-22-12-21(24-15-25-22)27-7-9-28(10-8-27)23(29)19-6-4-5-18(11-19)20-14-31-17(3)26-20/h4-6,11-12,14-16H,7-10,13H2,1-3H3. The maximum atomic E-state index is 13.1. The Morgan fingerprint density at radius 2 is 1.97 bits per heavy atom. The van der Waals surface area contributed by atoms with Gasteiger partial charge in [0.25, 0.3) is 5.91 Å². The van der Waals surface area contributed by atoms with E-state index >= 15 is 0 Å². The number of aromatic nitrogens is 3. The summed E-state index contributed by atoms with van der Waals surface area (Å²) in [6.07, 6.45) is 1.54. The van der Waals surface area contributed by atoms with Crippen molar-refractivity contribution in [1.29, 1.82) is 0 Å². The molecule has 3 heterocycles. The van der Waals surface area contributed by atoms with Crippen molar-refractivity contribution in [1.82, 2.24) is 19.9 Å². The second-order valence-electron chi connectivity index (χ2n) is 8.03. The van der Waals surface area contributed by atoms with Gasteiger partial charge in [-0.25, -0.2) is 15.0 Å². The maximum Gasteiger partial charge on any atom is 0.253 e. The third-order valence-corrected chi connectivity index (χ3v) is 5.88. The molecule has 0 N–H and O–H groups in total. The number of nitrogens with zero attached hydrogens (tertiary/aromatic N) is 5. The van der Waals surface area contributed by atoms with Crippen LogP contribution in [0.2, 0.25) is 0 Å². The minimum atomic E-state index is 0.0529. The molecule has 1 aliphatic heterocycles. The zero-order valence-corrected chi connectivity index (χ0v) is 18.9. The minimum Gasteiger partial charge on any atom is -0.477 e. The summed E-state index contributed by atoms with van der Waals surface area (Å²) < 4.78 is 5.72. The maximum absolute atomic E-state index is 13.1. The van der Waals surface area contributed by atoms with Crippen molar-refractivity contribution < 1.29 is 9.53 Å². The Morgan fingerprint density at radius 3 is 2.68 bits per heavy atom. The Bertz CT molecular complexity index is 1040. The topological polar surface area (TPSA) is 71.5 Å². The number of hydrogen-bond donors (Lipinski definition) is 0. The summed E-state index contributed by atoms with van der Waals surface area (Å²) in [5.74, 6) is 1.91. The molecule has 4 rings (SSSR count). The SMILES string of the molecule is Cc1nc(-c2cccc(C(=O)N3CCN(c4cc(OCC(C)C)ncn4)CC3)c2)cs1. The van der Waals surface area contributed by atoms with Crippen LogP contribution in [0.5, 0.6) is 5.88 Å². The van der Waals surface area contributed by atoms with Gasteiger partial charge < -0.3 is 14.5 Å². The van der Waals surface area contributed by atoms with Crippen LogP contribution in [0.25, 0.3) is 11.3 Å². The van der Waals surface area contributed by atoms with E-state index < -0.39 is 0 Å². The molecule has 1 aliphatic rings. The number of ether oxygens (including phenoxy) is 1. The molecule has 3 aromatic rings. The first-order chi connectivity index (χ1) is 15.0. The molecule has 1 aromatic carbocycles. The van der Waals surface area contributed by atoms with Crippen molar-refractivity contribution >= 4 is 23.1 Å². The molecule has 0 bridgehead atoms. The number of piperazine rings is 1. The third kappa shape index (κ3) is 5.19. The van der Waals surface area contributed by atoms with Crippen LogP contribution in [0.3, 0.4) is 0 Å². The molecule has 0 atom stereocenters. The van der Waals surface area contributed by atoms with E-state index in [-0.39, 0.29) is 5.91 Å². The van der Waals surface area contributed by atoms with Crippen LogP contribution in [0.4, 0.5) is 5.82 Å². The van der Waals surface area contributed by atoms with E-state index in [1.54, 1.807) is 11.3 Å². The summed E-state index contributed by atoms with van der Waals surface area (Å²) in [6, 6.07) is 9.61. The van der Waals surface area contributed by atoms with Gasteiger partial charge >= 0.3 is 0 Å². The van der Waals surface area contributed by atoms with E-state index in [0.717, 1.165) is 35.2 Å². The number of benzene rings is 1. The van der Waals surface area contributed by atoms with Gasteiger partial charge in [-0.05, 0) is 25.0 Å². The van der Waals surface area contributed by atoms with Crippen LogP contribution < -0.4 is 9.64 Å². The van der Waals surface area contributed by atoms with Gasteiger partial charge in [0.15, 0.2) is 0 Å². The lowest BCUT2D eigenvalue weighted by Gasteiger charge is -2.35. The van der Waals surface area contributed by atoms with Gasteiger partial charge in [0.1, 0.15) is 12.1 Å². The summed E-state index contributed by atoms with van der Waals surface area (Å²) in [5, 5.41) is 3.05. The van der Waals surface area contributed by atoms with Gasteiger partial charge in [0.05, 0.1) is 17.3 Å². The lowest BCUT2D eigenvalue weighted by molar-refractivity contribution is 0.0746. The molecule has 0 unspecified atom stereocenters. The first-order valence-electron chi connectivity index (χ1n) is 10.5. The number of carbonyl (C=O) groups excluding carboxylic acids is 1. The lowest BCUT2D eigenvalue weighted by Crippen LogP contribution is -2.49. The Kier molecular flexibility index (Phi) is 6.46. The average molecular weight is 438 g/mol. The molecule has 0 radical (unpaired) electrons. The highest BCUT2D eigenvalue weighted by atomic mass is 32.1. The number of aryl methyl sites for hydroxylation is 1. The molecule has 7 nitrogen and oxygen atoms in total. The molecule has 0 aliphatic carbocycles. The molecule has 1 amide bonds. The number of rotatable bonds is 6. The molecule has 2 aromatic heterocycles. The van der Waals surface area contributed by atoms with Crippen LogP contribution in [0, 0.1) is 12.8 Å². The third-order valence-electron chi connectivity index (χ3n) is 5.11. The Labute approximate surface area is 186 Å². The summed E-state index contributed by atoms with van der Waals surface area (Å²) in [4.78, 5) is 30.3. The number of amides is 1. The second kappa shape index (κ2) is 9.43. The Balaban J connectivity index is 1.39. The molecule has 0 saturated carbocycles. The van der Waals surface area contributed by atoms with Crippen LogP contribution in [-0.2, 0) is 0 Å².